The molecule has 4 rings (SSSR count). The van der Waals surface area contributed by atoms with E-state index in [1.54, 1.807) is 0 Å². The van der Waals surface area contributed by atoms with Crippen molar-refractivity contribution in [1.82, 2.24) is 14.9 Å². The van der Waals surface area contributed by atoms with Gasteiger partial charge in [-0.2, -0.15) is 0 Å². The van der Waals surface area contributed by atoms with Crippen LogP contribution in [0.3, 0.4) is 0 Å². The second-order valence-electron chi connectivity index (χ2n) is 6.46. The summed E-state index contributed by atoms with van der Waals surface area (Å²) in [5.41, 5.74) is 3.25. The molecule has 6 heteroatoms. The van der Waals surface area contributed by atoms with Gasteiger partial charge in [0.1, 0.15) is 5.82 Å². The average molecular weight is 486 g/mol. The van der Waals surface area contributed by atoms with Crippen LogP contribution in [0.2, 0.25) is 10.0 Å². The first-order valence-corrected chi connectivity index (χ1v) is 10.3. The average Bonchev–Trinajstić information content (AvgIpc) is 2.96. The first kappa shape index (κ1) is 17.6. The van der Waals surface area contributed by atoms with Gasteiger partial charge in [-0.25, -0.2) is 4.98 Å². The van der Waals surface area contributed by atoms with E-state index in [-0.39, 0.29) is 0 Å². The highest BCUT2D eigenvalue weighted by Crippen LogP contribution is 2.33. The third-order valence-corrected chi connectivity index (χ3v) is 6.22. The molecule has 0 atom stereocenters. The van der Waals surface area contributed by atoms with Gasteiger partial charge in [0, 0.05) is 16.0 Å². The Hall–Kier alpha value is -0.820. The van der Waals surface area contributed by atoms with Crippen LogP contribution in [-0.2, 0) is 6.54 Å². The molecule has 130 valence electrons. The number of rotatable bonds is 3. The van der Waals surface area contributed by atoms with Crippen molar-refractivity contribution in [3.63, 3.8) is 0 Å². The van der Waals surface area contributed by atoms with Crippen molar-refractivity contribution in [1.29, 1.82) is 0 Å². The van der Waals surface area contributed by atoms with E-state index in [2.05, 4.69) is 56.7 Å². The molecule has 0 amide bonds. The number of hydrogen-bond donors (Lipinski definition) is 1. The van der Waals surface area contributed by atoms with Crippen LogP contribution in [-0.4, -0.2) is 22.6 Å². The van der Waals surface area contributed by atoms with Gasteiger partial charge < -0.3 is 9.88 Å². The highest BCUT2D eigenvalue weighted by molar-refractivity contribution is 14.1. The van der Waals surface area contributed by atoms with Crippen LogP contribution in [0, 0.1) is 3.57 Å². The number of benzene rings is 2. The van der Waals surface area contributed by atoms with Crippen LogP contribution in [0.5, 0.6) is 0 Å². The summed E-state index contributed by atoms with van der Waals surface area (Å²) >= 11 is 14.8. The lowest BCUT2D eigenvalue weighted by Gasteiger charge is -2.23. The fourth-order valence-corrected chi connectivity index (χ4v) is 4.14. The van der Waals surface area contributed by atoms with Gasteiger partial charge in [-0.15, -0.1) is 0 Å². The number of aromatic nitrogens is 2. The Morgan fingerprint density at radius 3 is 2.48 bits per heavy atom. The van der Waals surface area contributed by atoms with Crippen LogP contribution in [0.1, 0.15) is 30.1 Å². The summed E-state index contributed by atoms with van der Waals surface area (Å²) in [5, 5.41) is 4.57. The van der Waals surface area contributed by atoms with Crippen LogP contribution in [0.4, 0.5) is 0 Å². The second-order valence-corrected chi connectivity index (χ2v) is 8.52. The topological polar surface area (TPSA) is 29.9 Å². The number of nitrogens with zero attached hydrogens (tertiary/aromatic N) is 2. The summed E-state index contributed by atoms with van der Waals surface area (Å²) < 4.78 is 3.56. The minimum atomic E-state index is 0.468. The summed E-state index contributed by atoms with van der Waals surface area (Å²) in [6, 6.07) is 12.5. The summed E-state index contributed by atoms with van der Waals surface area (Å²) in [6.45, 7) is 2.88. The number of hydrogen-bond acceptors (Lipinski definition) is 2. The summed E-state index contributed by atoms with van der Waals surface area (Å²) in [5.74, 6) is 1.61. The molecule has 0 aliphatic carbocycles. The monoisotopic (exact) mass is 485 g/mol. The van der Waals surface area contributed by atoms with Crippen molar-refractivity contribution in [2.24, 2.45) is 0 Å². The van der Waals surface area contributed by atoms with Gasteiger partial charge >= 0.3 is 0 Å². The maximum Gasteiger partial charge on any atom is 0.113 e. The van der Waals surface area contributed by atoms with Crippen molar-refractivity contribution in [3.05, 3.63) is 61.4 Å². The zero-order chi connectivity index (χ0) is 17.4. The maximum atomic E-state index is 6.29. The quantitative estimate of drug-likeness (QED) is 0.499. The molecule has 1 aliphatic heterocycles. The van der Waals surface area contributed by atoms with E-state index >= 15 is 0 Å². The van der Waals surface area contributed by atoms with Gasteiger partial charge in [-0.3, -0.25) is 0 Å². The SMILES string of the molecule is Clc1cc2nc(C3CCNCC3)n(Cc3ccc(I)cc3)c2cc1Cl. The molecule has 3 nitrogen and oxygen atoms in total. The highest BCUT2D eigenvalue weighted by Gasteiger charge is 2.23. The van der Waals surface area contributed by atoms with Gasteiger partial charge in [0.25, 0.3) is 0 Å². The molecular formula is C19H18Cl2IN3. The molecule has 0 bridgehead atoms. The van der Waals surface area contributed by atoms with E-state index in [0.29, 0.717) is 16.0 Å². The fraction of sp³-hybridized carbons (Fsp3) is 0.316. The number of imidazole rings is 1. The molecule has 2 aromatic carbocycles. The molecule has 1 aromatic heterocycles. The molecule has 1 N–H and O–H groups in total. The van der Waals surface area contributed by atoms with Gasteiger partial charge in [0.05, 0.1) is 21.1 Å². The molecular weight excluding hydrogens is 468 g/mol. The highest BCUT2D eigenvalue weighted by atomic mass is 127. The molecule has 1 aliphatic rings. The molecule has 0 spiro atoms. The first-order chi connectivity index (χ1) is 12.1. The smallest absolute Gasteiger partial charge is 0.113 e. The lowest BCUT2D eigenvalue weighted by Crippen LogP contribution is -2.28. The number of nitrogens with one attached hydrogen (secondary N) is 1. The lowest BCUT2D eigenvalue weighted by molar-refractivity contribution is 0.435. The summed E-state index contributed by atoms with van der Waals surface area (Å²) in [4.78, 5) is 4.94. The van der Waals surface area contributed by atoms with Gasteiger partial charge in [-0.05, 0) is 78.4 Å². The molecule has 2 heterocycles. The normalized spacial score (nSPS) is 15.8. The molecule has 0 radical (unpaired) electrons. The summed E-state index contributed by atoms with van der Waals surface area (Å²) in [7, 11) is 0. The Balaban J connectivity index is 1.82. The van der Waals surface area contributed by atoms with Crippen molar-refractivity contribution < 1.29 is 0 Å². The molecule has 1 fully saturated rings. The van der Waals surface area contributed by atoms with Crippen molar-refractivity contribution in [3.8, 4) is 0 Å². The van der Waals surface area contributed by atoms with Crippen LogP contribution >= 0.6 is 45.8 Å². The van der Waals surface area contributed by atoms with Crippen molar-refractivity contribution >= 4 is 56.8 Å². The van der Waals surface area contributed by atoms with Crippen LogP contribution < -0.4 is 5.32 Å². The number of fused-ring (bicyclic) bond motifs is 1. The van der Waals surface area contributed by atoms with E-state index < -0.39 is 0 Å². The van der Waals surface area contributed by atoms with Crippen LogP contribution in [0.15, 0.2) is 36.4 Å². The predicted octanol–water partition coefficient (Wildman–Crippen LogP) is 5.46. The van der Waals surface area contributed by atoms with Crippen molar-refractivity contribution in [2.45, 2.75) is 25.3 Å². The minimum Gasteiger partial charge on any atom is -0.323 e. The van der Waals surface area contributed by atoms with Gasteiger partial charge in [0.2, 0.25) is 0 Å². The Labute approximate surface area is 170 Å². The van der Waals surface area contributed by atoms with E-state index in [0.717, 1.165) is 49.3 Å². The number of halogens is 3. The van der Waals surface area contributed by atoms with Gasteiger partial charge in [0.15, 0.2) is 0 Å². The van der Waals surface area contributed by atoms with Crippen molar-refractivity contribution in [2.75, 3.05) is 13.1 Å². The standard InChI is InChI=1S/C19H18Cl2IN3/c20-15-9-17-18(10-16(15)21)25(11-12-1-3-14(22)4-2-12)19(24-17)13-5-7-23-8-6-13/h1-4,9-10,13,23H,5-8,11H2. The molecule has 1 saturated heterocycles. The summed E-state index contributed by atoms with van der Waals surface area (Å²) in [6.07, 6.45) is 2.22. The maximum absolute atomic E-state index is 6.29. The predicted molar refractivity (Wildman–Crippen MR) is 113 cm³/mol. The first-order valence-electron chi connectivity index (χ1n) is 8.42. The van der Waals surface area contributed by atoms with E-state index in [1.807, 2.05) is 12.1 Å². The minimum absolute atomic E-state index is 0.468. The third kappa shape index (κ3) is 3.68. The molecule has 0 saturated carbocycles. The number of piperidine rings is 1. The van der Waals surface area contributed by atoms with Crippen LogP contribution in [0.25, 0.3) is 11.0 Å². The van der Waals surface area contributed by atoms with E-state index in [9.17, 15) is 0 Å². The molecule has 0 unspecified atom stereocenters. The Morgan fingerprint density at radius 2 is 1.76 bits per heavy atom. The van der Waals surface area contributed by atoms with Gasteiger partial charge in [-0.1, -0.05) is 35.3 Å². The zero-order valence-corrected chi connectivity index (χ0v) is 17.3. The third-order valence-electron chi connectivity index (χ3n) is 4.78. The Bertz CT molecular complexity index is 899. The zero-order valence-electron chi connectivity index (χ0n) is 13.6. The molecule has 25 heavy (non-hydrogen) atoms. The Morgan fingerprint density at radius 1 is 1.08 bits per heavy atom. The molecule has 3 aromatic rings. The fourth-order valence-electron chi connectivity index (χ4n) is 3.47. The van der Waals surface area contributed by atoms with E-state index in [1.165, 1.54) is 9.13 Å². The van der Waals surface area contributed by atoms with E-state index in [4.69, 9.17) is 28.2 Å². The lowest BCUT2D eigenvalue weighted by atomic mass is 9.97. The Kier molecular flexibility index (Phi) is 5.23. The largest absolute Gasteiger partial charge is 0.323 e. The second kappa shape index (κ2) is 7.43.